The maximum Gasteiger partial charge on any atom is 0.128 e. The fourth-order valence-corrected chi connectivity index (χ4v) is 2.51. The summed E-state index contributed by atoms with van der Waals surface area (Å²) in [6, 6.07) is 13.0. The van der Waals surface area contributed by atoms with Crippen LogP contribution in [0.25, 0.3) is 0 Å². The Hall–Kier alpha value is -2.20. The van der Waals surface area contributed by atoms with Crippen molar-refractivity contribution < 1.29 is 9.84 Å². The Balaban J connectivity index is 1.79. The smallest absolute Gasteiger partial charge is 0.128 e. The Bertz CT molecular complexity index is 683. The highest BCUT2D eigenvalue weighted by atomic mass is 35.5. The van der Waals surface area contributed by atoms with Crippen LogP contribution in [0.2, 0.25) is 5.02 Å². The van der Waals surface area contributed by atoms with Crippen LogP contribution in [-0.4, -0.2) is 17.9 Å². The van der Waals surface area contributed by atoms with Gasteiger partial charge in [0.05, 0.1) is 18.9 Å². The second-order valence-electron chi connectivity index (χ2n) is 4.88. The third kappa shape index (κ3) is 2.81. The highest BCUT2D eigenvalue weighted by Crippen LogP contribution is 2.30. The van der Waals surface area contributed by atoms with E-state index in [9.17, 15) is 5.11 Å². The van der Waals surface area contributed by atoms with E-state index in [1.807, 2.05) is 36.4 Å². The molecule has 0 radical (unpaired) electrons. The van der Waals surface area contributed by atoms with Crippen molar-refractivity contribution in [2.75, 3.05) is 7.11 Å². The van der Waals surface area contributed by atoms with Gasteiger partial charge in [-0.1, -0.05) is 23.7 Å². The lowest BCUT2D eigenvalue weighted by atomic mass is 9.98. The first-order chi connectivity index (χ1) is 10.2. The molecule has 1 aliphatic rings. The lowest BCUT2D eigenvalue weighted by molar-refractivity contribution is 0.407. The number of nitrogens with one attached hydrogen (secondary N) is 1. The largest absolute Gasteiger partial charge is 0.507 e. The molecule has 2 N–H and O–H groups in total. The SMILES string of the molecule is COc1ccc(C2=NNC(c3ccc(Cl)cc3)C2)c(O)c1. The zero-order valence-electron chi connectivity index (χ0n) is 11.5. The molecule has 2 aromatic carbocycles. The monoisotopic (exact) mass is 302 g/mol. The highest BCUT2D eigenvalue weighted by molar-refractivity contribution is 6.30. The molecule has 0 amide bonds. The van der Waals surface area contributed by atoms with Gasteiger partial charge in [0.2, 0.25) is 0 Å². The summed E-state index contributed by atoms with van der Waals surface area (Å²) >= 11 is 5.90. The molecule has 2 aromatic rings. The quantitative estimate of drug-likeness (QED) is 0.912. The highest BCUT2D eigenvalue weighted by Gasteiger charge is 2.23. The van der Waals surface area contributed by atoms with E-state index in [1.54, 1.807) is 13.2 Å². The molecule has 1 heterocycles. The van der Waals surface area contributed by atoms with E-state index in [0.29, 0.717) is 17.2 Å². The predicted molar refractivity (Wildman–Crippen MR) is 83.1 cm³/mol. The molecule has 21 heavy (non-hydrogen) atoms. The second kappa shape index (κ2) is 5.66. The molecular formula is C16H15ClN2O2. The van der Waals surface area contributed by atoms with Crippen LogP contribution in [0, 0.1) is 0 Å². The van der Waals surface area contributed by atoms with E-state index in [1.165, 1.54) is 0 Å². The van der Waals surface area contributed by atoms with Crippen molar-refractivity contribution in [2.45, 2.75) is 12.5 Å². The van der Waals surface area contributed by atoms with E-state index in [0.717, 1.165) is 16.8 Å². The molecule has 0 bridgehead atoms. The van der Waals surface area contributed by atoms with Crippen LogP contribution in [0.3, 0.4) is 0 Å². The first-order valence-electron chi connectivity index (χ1n) is 6.62. The van der Waals surface area contributed by atoms with Crippen molar-refractivity contribution in [1.82, 2.24) is 5.43 Å². The summed E-state index contributed by atoms with van der Waals surface area (Å²) in [6.07, 6.45) is 0.710. The van der Waals surface area contributed by atoms with Crippen LogP contribution >= 0.6 is 11.6 Å². The van der Waals surface area contributed by atoms with Crippen molar-refractivity contribution >= 4 is 17.3 Å². The zero-order valence-corrected chi connectivity index (χ0v) is 12.3. The molecule has 0 aromatic heterocycles. The van der Waals surface area contributed by atoms with Gasteiger partial charge in [0.1, 0.15) is 11.5 Å². The number of ether oxygens (including phenoxy) is 1. The van der Waals surface area contributed by atoms with Crippen molar-refractivity contribution in [2.24, 2.45) is 5.10 Å². The van der Waals surface area contributed by atoms with Gasteiger partial charge in [0.15, 0.2) is 0 Å². The van der Waals surface area contributed by atoms with Gasteiger partial charge in [-0.15, -0.1) is 0 Å². The molecule has 1 aliphatic heterocycles. The van der Waals surface area contributed by atoms with Crippen molar-refractivity contribution in [3.8, 4) is 11.5 Å². The number of phenolic OH excluding ortho intramolecular Hbond substituents is 1. The topological polar surface area (TPSA) is 53.8 Å². The Morgan fingerprint density at radius 3 is 2.67 bits per heavy atom. The summed E-state index contributed by atoms with van der Waals surface area (Å²) in [4.78, 5) is 0. The minimum atomic E-state index is 0.0961. The van der Waals surface area contributed by atoms with Crippen LogP contribution in [0.1, 0.15) is 23.6 Å². The maximum atomic E-state index is 10.1. The van der Waals surface area contributed by atoms with E-state index in [4.69, 9.17) is 16.3 Å². The average Bonchev–Trinajstić information content (AvgIpc) is 2.97. The molecule has 108 valence electrons. The summed E-state index contributed by atoms with van der Waals surface area (Å²) in [7, 11) is 1.57. The molecule has 0 fully saturated rings. The Morgan fingerprint density at radius 1 is 1.24 bits per heavy atom. The number of aromatic hydroxyl groups is 1. The number of hydrogen-bond acceptors (Lipinski definition) is 4. The van der Waals surface area contributed by atoms with E-state index in [-0.39, 0.29) is 11.8 Å². The molecule has 0 saturated carbocycles. The number of phenols is 1. The molecule has 0 aliphatic carbocycles. The van der Waals surface area contributed by atoms with Gasteiger partial charge in [-0.05, 0) is 29.8 Å². The van der Waals surface area contributed by atoms with E-state index < -0.39 is 0 Å². The minimum Gasteiger partial charge on any atom is -0.507 e. The molecule has 1 unspecified atom stereocenters. The Kier molecular flexibility index (Phi) is 3.71. The maximum absolute atomic E-state index is 10.1. The van der Waals surface area contributed by atoms with Gasteiger partial charge in [-0.25, -0.2) is 0 Å². The van der Waals surface area contributed by atoms with Gasteiger partial charge in [0, 0.05) is 23.1 Å². The minimum absolute atomic E-state index is 0.0961. The lowest BCUT2D eigenvalue weighted by Gasteiger charge is -2.10. The summed E-state index contributed by atoms with van der Waals surface area (Å²) in [5.41, 5.74) is 5.77. The van der Waals surface area contributed by atoms with Gasteiger partial charge < -0.3 is 15.3 Å². The van der Waals surface area contributed by atoms with Crippen molar-refractivity contribution in [3.63, 3.8) is 0 Å². The average molecular weight is 303 g/mol. The van der Waals surface area contributed by atoms with Gasteiger partial charge >= 0.3 is 0 Å². The third-order valence-electron chi connectivity index (χ3n) is 3.54. The molecule has 5 heteroatoms. The molecule has 3 rings (SSSR count). The molecular weight excluding hydrogens is 288 g/mol. The van der Waals surface area contributed by atoms with Crippen LogP contribution in [0.5, 0.6) is 11.5 Å². The molecule has 1 atom stereocenters. The third-order valence-corrected chi connectivity index (χ3v) is 3.79. The second-order valence-corrected chi connectivity index (χ2v) is 5.32. The number of hydrogen-bond donors (Lipinski definition) is 2. The summed E-state index contributed by atoms with van der Waals surface area (Å²) in [5, 5.41) is 15.1. The predicted octanol–water partition coefficient (Wildman–Crippen LogP) is 3.49. The van der Waals surface area contributed by atoms with Crippen LogP contribution in [0.15, 0.2) is 47.6 Å². The fraction of sp³-hybridized carbons (Fsp3) is 0.188. The molecule has 0 saturated heterocycles. The van der Waals surface area contributed by atoms with Crippen LogP contribution < -0.4 is 10.2 Å². The Labute approximate surface area is 128 Å². The van der Waals surface area contributed by atoms with E-state index >= 15 is 0 Å². The number of rotatable bonds is 3. The molecule has 0 spiro atoms. The normalized spacial score (nSPS) is 17.2. The summed E-state index contributed by atoms with van der Waals surface area (Å²) < 4.78 is 5.09. The van der Waals surface area contributed by atoms with E-state index in [2.05, 4.69) is 10.5 Å². The standard InChI is InChI=1S/C16H15ClN2O2/c1-21-12-6-7-13(16(20)8-12)15-9-14(18-19-15)10-2-4-11(17)5-3-10/h2-8,14,18,20H,9H2,1H3. The number of hydrazone groups is 1. The number of nitrogens with zero attached hydrogens (tertiary/aromatic N) is 1. The van der Waals surface area contributed by atoms with Gasteiger partial charge in [0.25, 0.3) is 0 Å². The Morgan fingerprint density at radius 2 is 2.00 bits per heavy atom. The fourth-order valence-electron chi connectivity index (χ4n) is 2.38. The summed E-state index contributed by atoms with van der Waals surface area (Å²) in [5.74, 6) is 0.795. The van der Waals surface area contributed by atoms with Crippen LogP contribution in [-0.2, 0) is 0 Å². The molecule has 4 nitrogen and oxygen atoms in total. The van der Waals surface area contributed by atoms with Crippen molar-refractivity contribution in [1.29, 1.82) is 0 Å². The number of benzene rings is 2. The first kappa shape index (κ1) is 13.8. The number of halogens is 1. The van der Waals surface area contributed by atoms with Crippen LogP contribution in [0.4, 0.5) is 0 Å². The van der Waals surface area contributed by atoms with Gasteiger partial charge in [-0.2, -0.15) is 5.10 Å². The zero-order chi connectivity index (χ0) is 14.8. The summed E-state index contributed by atoms with van der Waals surface area (Å²) in [6.45, 7) is 0. The lowest BCUT2D eigenvalue weighted by Crippen LogP contribution is -2.09. The number of methoxy groups -OCH3 is 1. The first-order valence-corrected chi connectivity index (χ1v) is 7.00. The van der Waals surface area contributed by atoms with Crippen molar-refractivity contribution in [3.05, 3.63) is 58.6 Å². The van der Waals surface area contributed by atoms with Gasteiger partial charge in [-0.3, -0.25) is 0 Å².